The van der Waals surface area contributed by atoms with E-state index in [4.69, 9.17) is 4.74 Å². The minimum absolute atomic E-state index is 0.0701. The first-order valence-corrected chi connectivity index (χ1v) is 10.1. The molecule has 4 amide bonds. The second-order valence-electron chi connectivity index (χ2n) is 7.90. The molecule has 0 aromatic heterocycles. The number of nitrogens with zero attached hydrogens (tertiary/aromatic N) is 2. The van der Waals surface area contributed by atoms with Crippen LogP contribution in [0.5, 0.6) is 0 Å². The van der Waals surface area contributed by atoms with Crippen LogP contribution in [0.2, 0.25) is 0 Å². The molecule has 0 radical (unpaired) electrons. The molecule has 0 saturated carbocycles. The smallest absolute Gasteiger partial charge is 0.261 e. The van der Waals surface area contributed by atoms with Crippen LogP contribution in [0.3, 0.4) is 0 Å². The second kappa shape index (κ2) is 7.96. The fourth-order valence-electron chi connectivity index (χ4n) is 3.99. The Morgan fingerprint density at radius 1 is 0.968 bits per heavy atom. The Hall–Kier alpha value is -3.52. The molecule has 0 aliphatic carbocycles. The maximum absolute atomic E-state index is 13.1. The molecule has 2 heterocycles. The summed E-state index contributed by atoms with van der Waals surface area (Å²) in [6.07, 6.45) is -0.140. The van der Waals surface area contributed by atoms with Gasteiger partial charge in [-0.3, -0.25) is 24.1 Å². The van der Waals surface area contributed by atoms with Gasteiger partial charge in [0.05, 0.1) is 34.6 Å². The zero-order valence-corrected chi connectivity index (χ0v) is 17.5. The van der Waals surface area contributed by atoms with Gasteiger partial charge in [-0.05, 0) is 44.2 Å². The first kappa shape index (κ1) is 20.7. The SMILES string of the molecule is C[C@@H]1CN(C(=O)c2ccccc2NC(=O)c2ccc3c(c2)C(=O)N(C)C3=O)C[C@@H](C)O1. The molecule has 2 aromatic carbocycles. The van der Waals surface area contributed by atoms with Crippen molar-refractivity contribution in [1.82, 2.24) is 9.80 Å². The Bertz CT molecular complexity index is 1090. The van der Waals surface area contributed by atoms with Crippen LogP contribution in [-0.2, 0) is 4.74 Å². The van der Waals surface area contributed by atoms with E-state index in [1.807, 2.05) is 13.8 Å². The predicted octanol–water partition coefficient (Wildman–Crippen LogP) is 2.41. The van der Waals surface area contributed by atoms with E-state index >= 15 is 0 Å². The van der Waals surface area contributed by atoms with Crippen LogP contribution in [0, 0.1) is 0 Å². The second-order valence-corrected chi connectivity index (χ2v) is 7.90. The highest BCUT2D eigenvalue weighted by Gasteiger charge is 2.33. The number of hydrogen-bond donors (Lipinski definition) is 1. The molecule has 4 rings (SSSR count). The van der Waals surface area contributed by atoms with Gasteiger partial charge in [-0.2, -0.15) is 0 Å². The fourth-order valence-corrected chi connectivity index (χ4v) is 3.99. The van der Waals surface area contributed by atoms with E-state index in [-0.39, 0.29) is 34.8 Å². The molecule has 1 saturated heterocycles. The summed E-state index contributed by atoms with van der Waals surface area (Å²) in [5.74, 6) is -1.49. The van der Waals surface area contributed by atoms with Crippen LogP contribution < -0.4 is 5.32 Å². The van der Waals surface area contributed by atoms with Gasteiger partial charge in [0.1, 0.15) is 0 Å². The van der Waals surface area contributed by atoms with Crippen LogP contribution in [0.4, 0.5) is 5.69 Å². The van der Waals surface area contributed by atoms with Gasteiger partial charge in [-0.1, -0.05) is 12.1 Å². The van der Waals surface area contributed by atoms with E-state index in [2.05, 4.69) is 5.32 Å². The Balaban J connectivity index is 1.57. The van der Waals surface area contributed by atoms with Gasteiger partial charge >= 0.3 is 0 Å². The number of benzene rings is 2. The van der Waals surface area contributed by atoms with E-state index < -0.39 is 17.7 Å². The molecular formula is C23H23N3O5. The summed E-state index contributed by atoms with van der Waals surface area (Å²) in [4.78, 5) is 53.0. The third-order valence-electron chi connectivity index (χ3n) is 5.46. The third kappa shape index (κ3) is 3.82. The van der Waals surface area contributed by atoms with Gasteiger partial charge in [0.2, 0.25) is 0 Å². The molecule has 160 valence electrons. The van der Waals surface area contributed by atoms with Crippen molar-refractivity contribution in [2.45, 2.75) is 26.1 Å². The zero-order chi connectivity index (χ0) is 22.3. The Morgan fingerprint density at radius 2 is 1.61 bits per heavy atom. The molecule has 1 N–H and O–H groups in total. The number of imide groups is 1. The van der Waals surface area contributed by atoms with Gasteiger partial charge in [-0.15, -0.1) is 0 Å². The van der Waals surface area contributed by atoms with Crippen molar-refractivity contribution in [2.75, 3.05) is 25.5 Å². The van der Waals surface area contributed by atoms with E-state index in [9.17, 15) is 19.2 Å². The Morgan fingerprint density at radius 3 is 2.32 bits per heavy atom. The average Bonchev–Trinajstić information content (AvgIpc) is 2.96. The lowest BCUT2D eigenvalue weighted by atomic mass is 10.0. The van der Waals surface area contributed by atoms with Crippen LogP contribution >= 0.6 is 0 Å². The highest BCUT2D eigenvalue weighted by molar-refractivity contribution is 6.22. The zero-order valence-electron chi connectivity index (χ0n) is 17.5. The van der Waals surface area contributed by atoms with Crippen molar-refractivity contribution >= 4 is 29.3 Å². The van der Waals surface area contributed by atoms with E-state index in [1.165, 1.54) is 25.2 Å². The van der Waals surface area contributed by atoms with Crippen LogP contribution in [-0.4, -0.2) is 65.8 Å². The van der Waals surface area contributed by atoms with Crippen LogP contribution in [0.15, 0.2) is 42.5 Å². The summed E-state index contributed by atoms with van der Waals surface area (Å²) >= 11 is 0. The van der Waals surface area contributed by atoms with Crippen molar-refractivity contribution in [3.05, 3.63) is 64.7 Å². The highest BCUT2D eigenvalue weighted by atomic mass is 16.5. The van der Waals surface area contributed by atoms with Gasteiger partial charge in [0, 0.05) is 25.7 Å². The quantitative estimate of drug-likeness (QED) is 0.768. The summed E-state index contributed by atoms with van der Waals surface area (Å²) in [6, 6.07) is 11.2. The van der Waals surface area contributed by atoms with Crippen LogP contribution in [0.1, 0.15) is 55.3 Å². The predicted molar refractivity (Wildman–Crippen MR) is 113 cm³/mol. The van der Waals surface area contributed by atoms with Crippen molar-refractivity contribution in [2.24, 2.45) is 0 Å². The van der Waals surface area contributed by atoms with E-state index in [0.29, 0.717) is 24.3 Å². The molecule has 2 aliphatic rings. The van der Waals surface area contributed by atoms with Crippen molar-refractivity contribution in [3.63, 3.8) is 0 Å². The molecule has 0 unspecified atom stereocenters. The molecule has 1 fully saturated rings. The minimum Gasteiger partial charge on any atom is -0.372 e. The maximum atomic E-state index is 13.1. The molecule has 8 heteroatoms. The largest absolute Gasteiger partial charge is 0.372 e. The number of amides is 4. The highest BCUT2D eigenvalue weighted by Crippen LogP contribution is 2.25. The molecule has 2 aliphatic heterocycles. The fraction of sp³-hybridized carbons (Fsp3) is 0.304. The average molecular weight is 421 g/mol. The van der Waals surface area contributed by atoms with Gasteiger partial charge in [0.25, 0.3) is 23.6 Å². The number of nitrogens with one attached hydrogen (secondary N) is 1. The third-order valence-corrected chi connectivity index (χ3v) is 5.46. The molecule has 0 spiro atoms. The Kier molecular flexibility index (Phi) is 5.32. The lowest BCUT2D eigenvalue weighted by molar-refractivity contribution is -0.0585. The topological polar surface area (TPSA) is 96.0 Å². The summed E-state index contributed by atoms with van der Waals surface area (Å²) in [6.45, 7) is 4.78. The summed E-state index contributed by atoms with van der Waals surface area (Å²) in [7, 11) is 1.40. The lowest BCUT2D eigenvalue weighted by Crippen LogP contribution is -2.48. The van der Waals surface area contributed by atoms with Gasteiger partial charge < -0.3 is 15.0 Å². The summed E-state index contributed by atoms with van der Waals surface area (Å²) in [5.41, 5.74) is 1.45. The molecule has 8 nitrogen and oxygen atoms in total. The lowest BCUT2D eigenvalue weighted by Gasteiger charge is -2.35. The molecule has 0 bridgehead atoms. The molecule has 31 heavy (non-hydrogen) atoms. The number of ether oxygens (including phenoxy) is 1. The number of para-hydroxylation sites is 1. The summed E-state index contributed by atoms with van der Waals surface area (Å²) in [5, 5.41) is 2.77. The Labute approximate surface area is 179 Å². The van der Waals surface area contributed by atoms with E-state index in [0.717, 1.165) is 4.90 Å². The van der Waals surface area contributed by atoms with Gasteiger partial charge in [-0.25, -0.2) is 0 Å². The number of morpholine rings is 1. The standard InChI is InChI=1S/C23H23N3O5/c1-13-11-26(12-14(2)31-13)23(30)17-6-4-5-7-19(17)24-20(27)15-8-9-16-18(10-15)22(29)25(3)21(16)28/h4-10,13-14H,11-12H2,1-3H3,(H,24,27)/t13-,14-/m1/s1. The van der Waals surface area contributed by atoms with Crippen LogP contribution in [0.25, 0.3) is 0 Å². The minimum atomic E-state index is -0.471. The summed E-state index contributed by atoms with van der Waals surface area (Å²) < 4.78 is 5.70. The van der Waals surface area contributed by atoms with Gasteiger partial charge in [0.15, 0.2) is 0 Å². The first-order chi connectivity index (χ1) is 14.8. The number of rotatable bonds is 3. The molecule has 2 aromatic rings. The normalized spacial score (nSPS) is 20.6. The maximum Gasteiger partial charge on any atom is 0.261 e. The number of carbonyl (C=O) groups is 4. The molecular weight excluding hydrogens is 398 g/mol. The number of fused-ring (bicyclic) bond motifs is 1. The van der Waals surface area contributed by atoms with Crippen molar-refractivity contribution in [3.8, 4) is 0 Å². The number of hydrogen-bond acceptors (Lipinski definition) is 5. The van der Waals surface area contributed by atoms with Crippen molar-refractivity contribution in [1.29, 1.82) is 0 Å². The number of carbonyl (C=O) groups excluding carboxylic acids is 4. The van der Waals surface area contributed by atoms with E-state index in [1.54, 1.807) is 29.2 Å². The molecule has 2 atom stereocenters. The number of anilines is 1. The van der Waals surface area contributed by atoms with Crippen molar-refractivity contribution < 1.29 is 23.9 Å². The monoisotopic (exact) mass is 421 g/mol. The first-order valence-electron chi connectivity index (χ1n) is 10.1.